The van der Waals surface area contributed by atoms with Crippen molar-refractivity contribution in [2.45, 2.75) is 24.7 Å². The first-order valence-corrected chi connectivity index (χ1v) is 10.8. The van der Waals surface area contributed by atoms with Gasteiger partial charge in [0.05, 0.1) is 0 Å². The summed E-state index contributed by atoms with van der Waals surface area (Å²) in [5.41, 5.74) is 6.91. The third-order valence-corrected chi connectivity index (χ3v) is 6.45. The molecule has 0 aromatic heterocycles. The average Bonchev–Trinajstić information content (AvgIpc) is 2.81. The smallest absolute Gasteiger partial charge is 0.413 e. The van der Waals surface area contributed by atoms with Gasteiger partial charge in [-0.25, -0.2) is 9.18 Å². The van der Waals surface area contributed by atoms with Crippen LogP contribution in [0.5, 0.6) is 0 Å². The van der Waals surface area contributed by atoms with Crippen LogP contribution in [0.4, 0.5) is 20.6 Å². The van der Waals surface area contributed by atoms with E-state index in [0.717, 1.165) is 25.9 Å². The maximum atomic E-state index is 12.5. The van der Waals surface area contributed by atoms with Crippen LogP contribution in [0.3, 0.4) is 0 Å². The average molecular weight is 416 g/mol. The van der Waals surface area contributed by atoms with Crippen molar-refractivity contribution >= 4 is 17.5 Å². The molecule has 2 aliphatic rings. The monoisotopic (exact) mass is 416 g/mol. The summed E-state index contributed by atoms with van der Waals surface area (Å²) in [6, 6.07) is 25.1. The van der Waals surface area contributed by atoms with Crippen molar-refractivity contribution in [3.63, 3.8) is 0 Å². The fourth-order valence-corrected chi connectivity index (χ4v) is 5.13. The van der Waals surface area contributed by atoms with E-state index in [9.17, 15) is 9.18 Å². The predicted molar refractivity (Wildman–Crippen MR) is 121 cm³/mol. The molecule has 0 saturated carbocycles. The number of rotatable bonds is 4. The van der Waals surface area contributed by atoms with Gasteiger partial charge in [-0.05, 0) is 47.2 Å². The van der Waals surface area contributed by atoms with E-state index in [0.29, 0.717) is 5.69 Å². The van der Waals surface area contributed by atoms with Gasteiger partial charge in [-0.1, -0.05) is 60.7 Å². The highest BCUT2D eigenvalue weighted by atomic mass is 19.1. The molecule has 3 aromatic carbocycles. The fraction of sp³-hybridized carbons (Fsp3) is 0.269. The zero-order valence-electron chi connectivity index (χ0n) is 17.3. The Hall–Kier alpha value is -3.34. The van der Waals surface area contributed by atoms with Crippen molar-refractivity contribution in [3.8, 4) is 0 Å². The topological polar surface area (TPSA) is 41.6 Å². The molecule has 0 bridgehead atoms. The van der Waals surface area contributed by atoms with Crippen molar-refractivity contribution in [3.05, 3.63) is 95.1 Å². The molecule has 0 saturated heterocycles. The van der Waals surface area contributed by atoms with E-state index in [1.165, 1.54) is 27.9 Å². The van der Waals surface area contributed by atoms with Crippen LogP contribution < -0.4 is 10.2 Å². The highest BCUT2D eigenvalue weighted by molar-refractivity contribution is 5.86. The molecule has 0 fully saturated rings. The summed E-state index contributed by atoms with van der Waals surface area (Å²) < 4.78 is 17.0. The molecule has 2 unspecified atom stereocenters. The van der Waals surface area contributed by atoms with Crippen molar-refractivity contribution in [2.24, 2.45) is 0 Å². The SMILES string of the molecule is O=C(Nc1cc2c3c(c1)C(c1ccccc1)CCN3CCC2c1ccccc1)OCF. The van der Waals surface area contributed by atoms with Gasteiger partial charge in [0.15, 0.2) is 0 Å². The Balaban J connectivity index is 1.65. The Morgan fingerprint density at radius 3 is 1.90 bits per heavy atom. The van der Waals surface area contributed by atoms with Crippen LogP contribution in [-0.4, -0.2) is 26.0 Å². The third kappa shape index (κ3) is 3.76. The Morgan fingerprint density at radius 1 is 0.903 bits per heavy atom. The highest BCUT2D eigenvalue weighted by Gasteiger charge is 2.35. The van der Waals surface area contributed by atoms with Gasteiger partial charge in [-0.2, -0.15) is 0 Å². The van der Waals surface area contributed by atoms with Crippen molar-refractivity contribution in [1.29, 1.82) is 0 Å². The van der Waals surface area contributed by atoms with Crippen LogP contribution in [0.15, 0.2) is 72.8 Å². The number of benzene rings is 3. The second-order valence-corrected chi connectivity index (χ2v) is 8.16. The standard InChI is InChI=1S/C26H25FN2O2/c27-17-31-26(30)28-20-15-23-21(18-7-3-1-4-8-18)11-13-29-14-12-22(24(16-20)25(23)29)19-9-5-2-6-10-19/h1-10,15-16,21-22H,11-14,17H2,(H,28,30). The normalized spacial score (nSPS) is 19.5. The Morgan fingerprint density at radius 2 is 1.42 bits per heavy atom. The lowest BCUT2D eigenvalue weighted by Gasteiger charge is -2.43. The molecule has 5 heteroatoms. The van der Waals surface area contributed by atoms with E-state index in [4.69, 9.17) is 0 Å². The van der Waals surface area contributed by atoms with Crippen LogP contribution in [0.2, 0.25) is 0 Å². The second kappa shape index (κ2) is 8.42. The molecule has 0 spiro atoms. The van der Waals surface area contributed by atoms with E-state index < -0.39 is 13.0 Å². The summed E-state index contributed by atoms with van der Waals surface area (Å²) in [6.07, 6.45) is 1.26. The first kappa shape index (κ1) is 19.6. The van der Waals surface area contributed by atoms with Crippen LogP contribution in [0.25, 0.3) is 0 Å². The van der Waals surface area contributed by atoms with E-state index >= 15 is 0 Å². The summed E-state index contributed by atoms with van der Waals surface area (Å²) in [4.78, 5) is 14.5. The predicted octanol–water partition coefficient (Wildman–Crippen LogP) is 6.04. The van der Waals surface area contributed by atoms with E-state index in [1.807, 2.05) is 24.3 Å². The summed E-state index contributed by atoms with van der Waals surface area (Å²) in [6.45, 7) is 0.881. The molecule has 158 valence electrons. The molecule has 0 aliphatic carbocycles. The zero-order valence-corrected chi connectivity index (χ0v) is 17.3. The molecule has 2 aliphatic heterocycles. The lowest BCUT2D eigenvalue weighted by molar-refractivity contribution is 0.111. The molecule has 0 radical (unpaired) electrons. The minimum atomic E-state index is -1.14. The van der Waals surface area contributed by atoms with Crippen LogP contribution in [-0.2, 0) is 4.74 Å². The number of carbonyl (C=O) groups is 1. The highest BCUT2D eigenvalue weighted by Crippen LogP contribution is 2.49. The zero-order chi connectivity index (χ0) is 21.2. The third-order valence-electron chi connectivity index (χ3n) is 6.45. The molecule has 1 N–H and O–H groups in total. The van der Waals surface area contributed by atoms with Crippen LogP contribution in [0, 0.1) is 0 Å². The number of amides is 1. The minimum absolute atomic E-state index is 0.250. The van der Waals surface area contributed by atoms with Crippen LogP contribution in [0.1, 0.15) is 46.9 Å². The quantitative estimate of drug-likeness (QED) is 0.564. The van der Waals surface area contributed by atoms with Crippen molar-refractivity contribution in [1.82, 2.24) is 0 Å². The van der Waals surface area contributed by atoms with Gasteiger partial charge in [0.1, 0.15) is 0 Å². The summed E-state index contributed by atoms with van der Waals surface area (Å²) >= 11 is 0. The fourth-order valence-electron chi connectivity index (χ4n) is 5.13. The van der Waals surface area contributed by atoms with Gasteiger partial charge in [0.2, 0.25) is 6.86 Å². The van der Waals surface area contributed by atoms with Gasteiger partial charge in [-0.15, -0.1) is 0 Å². The first-order valence-electron chi connectivity index (χ1n) is 10.8. The Labute approximate surface area is 181 Å². The van der Waals surface area contributed by atoms with Gasteiger partial charge < -0.3 is 9.64 Å². The summed E-state index contributed by atoms with van der Waals surface area (Å²) in [5.74, 6) is 0.499. The number of alkyl halides is 1. The number of hydrogen-bond donors (Lipinski definition) is 1. The minimum Gasteiger partial charge on any atom is -0.417 e. The molecule has 5 rings (SSSR count). The Kier molecular flexibility index (Phi) is 5.33. The lowest BCUT2D eigenvalue weighted by atomic mass is 9.76. The Bertz CT molecular complexity index is 999. The number of carbonyl (C=O) groups excluding carboxylic acids is 1. The number of ether oxygens (including phenoxy) is 1. The van der Waals surface area contributed by atoms with E-state index in [1.54, 1.807) is 0 Å². The number of nitrogens with zero attached hydrogens (tertiary/aromatic N) is 1. The molecule has 2 heterocycles. The molecular weight excluding hydrogens is 391 g/mol. The summed E-state index contributed by atoms with van der Waals surface area (Å²) in [5, 5.41) is 2.73. The molecule has 2 atom stereocenters. The first-order chi connectivity index (χ1) is 15.2. The second-order valence-electron chi connectivity index (χ2n) is 8.16. The largest absolute Gasteiger partial charge is 0.417 e. The number of halogens is 1. The van der Waals surface area contributed by atoms with Gasteiger partial charge in [-0.3, -0.25) is 5.32 Å². The van der Waals surface area contributed by atoms with Crippen molar-refractivity contribution in [2.75, 3.05) is 30.2 Å². The number of anilines is 2. The molecule has 4 nitrogen and oxygen atoms in total. The molecule has 1 amide bonds. The van der Waals surface area contributed by atoms with E-state index in [2.05, 4.69) is 63.5 Å². The maximum Gasteiger partial charge on any atom is 0.413 e. The van der Waals surface area contributed by atoms with Gasteiger partial charge in [0.25, 0.3) is 0 Å². The molecular formula is C26H25FN2O2. The number of hydrogen-bond acceptors (Lipinski definition) is 3. The molecule has 3 aromatic rings. The lowest BCUT2D eigenvalue weighted by Crippen LogP contribution is -2.37. The van der Waals surface area contributed by atoms with Crippen molar-refractivity contribution < 1.29 is 13.9 Å². The maximum absolute atomic E-state index is 12.5. The van der Waals surface area contributed by atoms with E-state index in [-0.39, 0.29) is 11.8 Å². The van der Waals surface area contributed by atoms with Gasteiger partial charge in [0, 0.05) is 36.3 Å². The summed E-state index contributed by atoms with van der Waals surface area (Å²) in [7, 11) is 0. The molecule has 31 heavy (non-hydrogen) atoms. The van der Waals surface area contributed by atoms with Gasteiger partial charge >= 0.3 is 6.09 Å². The van der Waals surface area contributed by atoms with Crippen LogP contribution >= 0.6 is 0 Å². The number of nitrogens with one attached hydrogen (secondary N) is 1.